The smallest absolute Gasteiger partial charge is 0.0278 e. The van der Waals surface area contributed by atoms with E-state index in [1.54, 1.807) is 0 Å². The standard InChI is InChI=1S/C17H18/c1-2-3-6-13-9-10-17-15(11-13)12-14-7-4-5-8-16(14)17/h4-5,7-12,16H,2-3,6H2,1H3. The molecule has 86 valence electrons. The third-order valence-corrected chi connectivity index (χ3v) is 3.69. The number of benzene rings is 1. The van der Waals surface area contributed by atoms with Crippen molar-refractivity contribution in [2.24, 2.45) is 0 Å². The van der Waals surface area contributed by atoms with Gasteiger partial charge in [-0.15, -0.1) is 0 Å². The lowest BCUT2D eigenvalue weighted by atomic mass is 9.91. The van der Waals surface area contributed by atoms with Gasteiger partial charge in [-0.05, 0) is 35.1 Å². The van der Waals surface area contributed by atoms with Crippen LogP contribution in [0.1, 0.15) is 42.4 Å². The third kappa shape index (κ3) is 1.88. The highest BCUT2D eigenvalue weighted by atomic mass is 14.3. The van der Waals surface area contributed by atoms with Crippen molar-refractivity contribution < 1.29 is 0 Å². The van der Waals surface area contributed by atoms with Gasteiger partial charge in [-0.1, -0.05) is 61.9 Å². The van der Waals surface area contributed by atoms with Crippen LogP contribution in [0.5, 0.6) is 0 Å². The third-order valence-electron chi connectivity index (χ3n) is 3.69. The number of hydrogen-bond acceptors (Lipinski definition) is 0. The summed E-state index contributed by atoms with van der Waals surface area (Å²) in [6.07, 6.45) is 14.9. The molecule has 0 saturated carbocycles. The molecule has 2 aliphatic carbocycles. The fourth-order valence-corrected chi connectivity index (χ4v) is 2.73. The van der Waals surface area contributed by atoms with Crippen molar-refractivity contribution in [3.63, 3.8) is 0 Å². The van der Waals surface area contributed by atoms with E-state index in [0.29, 0.717) is 5.92 Å². The largest absolute Gasteiger partial charge is 0.0726 e. The van der Waals surface area contributed by atoms with E-state index in [2.05, 4.69) is 55.5 Å². The SMILES string of the molecule is CCCCc1ccc2c(c1)C=C1C=CC=CC12. The van der Waals surface area contributed by atoms with Crippen LogP contribution in [-0.4, -0.2) is 0 Å². The van der Waals surface area contributed by atoms with E-state index < -0.39 is 0 Å². The lowest BCUT2D eigenvalue weighted by Gasteiger charge is -2.12. The van der Waals surface area contributed by atoms with Gasteiger partial charge in [0.1, 0.15) is 0 Å². The Kier molecular flexibility index (Phi) is 2.72. The highest BCUT2D eigenvalue weighted by Crippen LogP contribution is 2.39. The maximum atomic E-state index is 2.37. The quantitative estimate of drug-likeness (QED) is 0.699. The van der Waals surface area contributed by atoms with Gasteiger partial charge in [0.05, 0.1) is 0 Å². The van der Waals surface area contributed by atoms with Gasteiger partial charge in [0, 0.05) is 5.92 Å². The first-order valence-electron chi connectivity index (χ1n) is 6.58. The van der Waals surface area contributed by atoms with Crippen molar-refractivity contribution in [3.8, 4) is 0 Å². The second-order valence-electron chi connectivity index (χ2n) is 4.93. The van der Waals surface area contributed by atoms with Gasteiger partial charge < -0.3 is 0 Å². The average molecular weight is 222 g/mol. The predicted molar refractivity (Wildman–Crippen MR) is 74.1 cm³/mol. The van der Waals surface area contributed by atoms with E-state index in [1.807, 2.05) is 0 Å². The Hall–Kier alpha value is -1.56. The molecule has 1 aromatic carbocycles. The molecular weight excluding hydrogens is 204 g/mol. The van der Waals surface area contributed by atoms with Crippen LogP contribution in [0, 0.1) is 0 Å². The van der Waals surface area contributed by atoms with Gasteiger partial charge in [-0.25, -0.2) is 0 Å². The zero-order valence-electron chi connectivity index (χ0n) is 10.3. The minimum atomic E-state index is 0.509. The summed E-state index contributed by atoms with van der Waals surface area (Å²) in [6.45, 7) is 2.25. The van der Waals surface area contributed by atoms with Crippen molar-refractivity contribution in [2.45, 2.75) is 32.1 Å². The van der Waals surface area contributed by atoms with Crippen LogP contribution in [0.2, 0.25) is 0 Å². The molecule has 0 N–H and O–H groups in total. The minimum absolute atomic E-state index is 0.509. The Labute approximate surface area is 103 Å². The van der Waals surface area contributed by atoms with Crippen molar-refractivity contribution >= 4 is 6.08 Å². The number of allylic oxidation sites excluding steroid dienone is 5. The summed E-state index contributed by atoms with van der Waals surface area (Å²) < 4.78 is 0. The number of rotatable bonds is 3. The summed E-state index contributed by atoms with van der Waals surface area (Å²) in [5.74, 6) is 0.509. The normalized spacial score (nSPS) is 20.1. The second-order valence-corrected chi connectivity index (χ2v) is 4.93. The summed E-state index contributed by atoms with van der Waals surface area (Å²) in [7, 11) is 0. The van der Waals surface area contributed by atoms with E-state index in [1.165, 1.54) is 41.5 Å². The van der Waals surface area contributed by atoms with Crippen LogP contribution in [0.4, 0.5) is 0 Å². The van der Waals surface area contributed by atoms with E-state index >= 15 is 0 Å². The highest BCUT2D eigenvalue weighted by molar-refractivity contribution is 5.72. The Morgan fingerprint density at radius 2 is 2.12 bits per heavy atom. The topological polar surface area (TPSA) is 0 Å². The predicted octanol–water partition coefficient (Wildman–Crippen LogP) is 4.64. The molecule has 0 radical (unpaired) electrons. The van der Waals surface area contributed by atoms with Gasteiger partial charge in [-0.2, -0.15) is 0 Å². The van der Waals surface area contributed by atoms with E-state index in [-0.39, 0.29) is 0 Å². The molecule has 2 aliphatic rings. The van der Waals surface area contributed by atoms with E-state index in [4.69, 9.17) is 0 Å². The van der Waals surface area contributed by atoms with Crippen molar-refractivity contribution in [1.29, 1.82) is 0 Å². The summed E-state index contributed by atoms with van der Waals surface area (Å²) in [5, 5.41) is 0. The van der Waals surface area contributed by atoms with Crippen LogP contribution in [0.25, 0.3) is 6.08 Å². The summed E-state index contributed by atoms with van der Waals surface area (Å²) in [5.41, 5.74) is 5.82. The molecule has 0 spiro atoms. The summed E-state index contributed by atoms with van der Waals surface area (Å²) in [6, 6.07) is 6.99. The molecule has 0 aromatic heterocycles. The maximum absolute atomic E-state index is 2.37. The molecule has 0 bridgehead atoms. The Balaban J connectivity index is 1.93. The molecule has 0 aliphatic heterocycles. The van der Waals surface area contributed by atoms with Crippen LogP contribution < -0.4 is 0 Å². The molecule has 0 heteroatoms. The number of unbranched alkanes of at least 4 members (excludes halogenated alkanes) is 1. The van der Waals surface area contributed by atoms with Crippen molar-refractivity contribution in [3.05, 3.63) is 64.8 Å². The molecule has 0 amide bonds. The Morgan fingerprint density at radius 3 is 3.00 bits per heavy atom. The van der Waals surface area contributed by atoms with Gasteiger partial charge in [0.25, 0.3) is 0 Å². The summed E-state index contributed by atoms with van der Waals surface area (Å²) in [4.78, 5) is 0. The molecule has 0 nitrogen and oxygen atoms in total. The van der Waals surface area contributed by atoms with Crippen molar-refractivity contribution in [1.82, 2.24) is 0 Å². The van der Waals surface area contributed by atoms with Gasteiger partial charge in [-0.3, -0.25) is 0 Å². The Morgan fingerprint density at radius 1 is 1.18 bits per heavy atom. The van der Waals surface area contributed by atoms with E-state index in [0.717, 1.165) is 0 Å². The number of hydrogen-bond donors (Lipinski definition) is 0. The van der Waals surface area contributed by atoms with Crippen LogP contribution in [-0.2, 0) is 6.42 Å². The second kappa shape index (κ2) is 4.37. The average Bonchev–Trinajstić information content (AvgIpc) is 2.74. The monoisotopic (exact) mass is 222 g/mol. The highest BCUT2D eigenvalue weighted by Gasteiger charge is 2.22. The first-order chi connectivity index (χ1) is 8.38. The molecule has 0 fully saturated rings. The van der Waals surface area contributed by atoms with Gasteiger partial charge >= 0.3 is 0 Å². The first kappa shape index (κ1) is 10.6. The van der Waals surface area contributed by atoms with Crippen LogP contribution >= 0.6 is 0 Å². The lowest BCUT2D eigenvalue weighted by molar-refractivity contribution is 0.794. The first-order valence-corrected chi connectivity index (χ1v) is 6.58. The minimum Gasteiger partial charge on any atom is -0.0726 e. The van der Waals surface area contributed by atoms with Gasteiger partial charge in [0.15, 0.2) is 0 Å². The molecule has 17 heavy (non-hydrogen) atoms. The summed E-state index contributed by atoms with van der Waals surface area (Å²) >= 11 is 0. The van der Waals surface area contributed by atoms with Crippen molar-refractivity contribution in [2.75, 3.05) is 0 Å². The molecular formula is C17H18. The molecule has 1 aromatic rings. The molecule has 3 rings (SSSR count). The fraction of sp³-hybridized carbons (Fsp3) is 0.294. The van der Waals surface area contributed by atoms with E-state index in [9.17, 15) is 0 Å². The number of aryl methyl sites for hydroxylation is 1. The lowest BCUT2D eigenvalue weighted by Crippen LogP contribution is -1.96. The molecule has 1 unspecified atom stereocenters. The van der Waals surface area contributed by atoms with Crippen LogP contribution in [0.15, 0.2) is 48.1 Å². The number of fused-ring (bicyclic) bond motifs is 3. The van der Waals surface area contributed by atoms with Crippen LogP contribution in [0.3, 0.4) is 0 Å². The fourth-order valence-electron chi connectivity index (χ4n) is 2.73. The molecule has 1 atom stereocenters. The molecule has 0 heterocycles. The van der Waals surface area contributed by atoms with Gasteiger partial charge in [0.2, 0.25) is 0 Å². The maximum Gasteiger partial charge on any atom is 0.0278 e. The zero-order valence-corrected chi connectivity index (χ0v) is 10.3. The molecule has 0 saturated heterocycles. The zero-order chi connectivity index (χ0) is 11.7. The Bertz CT molecular complexity index is 515.